The fraction of sp³-hybridized carbons (Fsp3) is 0.583. The molecule has 3 nitrogen and oxygen atoms in total. The summed E-state index contributed by atoms with van der Waals surface area (Å²) in [5.41, 5.74) is 1.16. The molecule has 0 radical (unpaired) electrons. The van der Waals surface area contributed by atoms with E-state index in [1.807, 2.05) is 10.9 Å². The molecule has 0 bridgehead atoms. The molecule has 3 heteroatoms. The van der Waals surface area contributed by atoms with Crippen molar-refractivity contribution in [3.63, 3.8) is 0 Å². The van der Waals surface area contributed by atoms with E-state index in [4.69, 9.17) is 0 Å². The molecule has 0 aliphatic rings. The lowest BCUT2D eigenvalue weighted by atomic mass is 10.3. The number of hydrogen-bond donors (Lipinski definition) is 1. The van der Waals surface area contributed by atoms with Crippen molar-refractivity contribution >= 4 is 6.08 Å². The Balaban J connectivity index is 2.43. The molecule has 1 rings (SSSR count). The third kappa shape index (κ3) is 4.30. The number of nitrogens with zero attached hydrogens (tertiary/aromatic N) is 2. The van der Waals surface area contributed by atoms with Crippen molar-refractivity contribution in [2.75, 3.05) is 6.54 Å². The lowest BCUT2D eigenvalue weighted by Crippen LogP contribution is -2.22. The highest BCUT2D eigenvalue weighted by Crippen LogP contribution is 2.06. The van der Waals surface area contributed by atoms with Crippen LogP contribution >= 0.6 is 0 Å². The number of aromatic nitrogens is 2. The molecule has 15 heavy (non-hydrogen) atoms. The Morgan fingerprint density at radius 1 is 1.40 bits per heavy atom. The van der Waals surface area contributed by atoms with Crippen molar-refractivity contribution in [2.45, 2.75) is 39.8 Å². The summed E-state index contributed by atoms with van der Waals surface area (Å²) < 4.78 is 1.97. The molecule has 0 saturated heterocycles. The first-order valence-electron chi connectivity index (χ1n) is 5.53. The minimum absolute atomic E-state index is 0.431. The smallest absolute Gasteiger partial charge is 0.0562 e. The first kappa shape index (κ1) is 12.0. The van der Waals surface area contributed by atoms with Crippen molar-refractivity contribution in [3.05, 3.63) is 24.0 Å². The highest BCUT2D eigenvalue weighted by atomic mass is 15.3. The van der Waals surface area contributed by atoms with E-state index >= 15 is 0 Å². The molecule has 1 heterocycles. The second-order valence-electron chi connectivity index (χ2n) is 4.31. The lowest BCUT2D eigenvalue weighted by Gasteiger charge is -2.03. The van der Waals surface area contributed by atoms with Crippen molar-refractivity contribution in [3.8, 4) is 0 Å². The third-order valence-electron chi connectivity index (χ3n) is 2.10. The van der Waals surface area contributed by atoms with Gasteiger partial charge in [-0.3, -0.25) is 4.68 Å². The van der Waals surface area contributed by atoms with Gasteiger partial charge >= 0.3 is 0 Å². The van der Waals surface area contributed by atoms with Gasteiger partial charge in [0.2, 0.25) is 0 Å². The SMILES string of the molecule is CC(C)NC/C=C/c1cnn(C(C)C)c1. The molecule has 1 N–H and O–H groups in total. The summed E-state index contributed by atoms with van der Waals surface area (Å²) >= 11 is 0. The van der Waals surface area contributed by atoms with Crippen LogP contribution in [0.1, 0.15) is 39.3 Å². The van der Waals surface area contributed by atoms with E-state index in [1.165, 1.54) is 0 Å². The number of rotatable bonds is 5. The molecule has 0 unspecified atom stereocenters. The van der Waals surface area contributed by atoms with E-state index in [0.29, 0.717) is 12.1 Å². The molecule has 0 aliphatic heterocycles. The van der Waals surface area contributed by atoms with Crippen molar-refractivity contribution < 1.29 is 0 Å². The van der Waals surface area contributed by atoms with Gasteiger partial charge < -0.3 is 5.32 Å². The molecule has 0 fully saturated rings. The zero-order valence-electron chi connectivity index (χ0n) is 10.1. The molecule has 0 spiro atoms. The van der Waals surface area contributed by atoms with Gasteiger partial charge in [0.25, 0.3) is 0 Å². The molecule has 0 atom stereocenters. The standard InChI is InChI=1S/C12H21N3/c1-10(2)13-7-5-6-12-8-14-15(9-12)11(3)4/h5-6,8-11,13H,7H2,1-4H3/b6-5+. The zero-order chi connectivity index (χ0) is 11.3. The van der Waals surface area contributed by atoms with Crippen LogP contribution in [-0.2, 0) is 0 Å². The Hall–Kier alpha value is -1.09. The van der Waals surface area contributed by atoms with E-state index in [1.54, 1.807) is 0 Å². The Morgan fingerprint density at radius 3 is 2.67 bits per heavy atom. The van der Waals surface area contributed by atoms with E-state index in [2.05, 4.69) is 56.5 Å². The Morgan fingerprint density at radius 2 is 2.13 bits per heavy atom. The van der Waals surface area contributed by atoms with E-state index in [9.17, 15) is 0 Å². The van der Waals surface area contributed by atoms with Gasteiger partial charge in [-0.15, -0.1) is 0 Å². The molecular weight excluding hydrogens is 186 g/mol. The van der Waals surface area contributed by atoms with Crippen LogP contribution in [0.25, 0.3) is 6.08 Å². The van der Waals surface area contributed by atoms with Crippen molar-refractivity contribution in [1.82, 2.24) is 15.1 Å². The molecule has 0 saturated carbocycles. The van der Waals surface area contributed by atoms with Gasteiger partial charge in [0.1, 0.15) is 0 Å². The fourth-order valence-electron chi connectivity index (χ4n) is 1.22. The quantitative estimate of drug-likeness (QED) is 0.804. The number of nitrogens with one attached hydrogen (secondary N) is 1. The Bertz CT molecular complexity index is 310. The number of hydrogen-bond acceptors (Lipinski definition) is 2. The van der Waals surface area contributed by atoms with Gasteiger partial charge in [-0.2, -0.15) is 5.10 Å². The summed E-state index contributed by atoms with van der Waals surface area (Å²) in [6, 6.07) is 0.967. The summed E-state index contributed by atoms with van der Waals surface area (Å²) in [5, 5.41) is 7.61. The monoisotopic (exact) mass is 207 g/mol. The molecule has 0 aromatic carbocycles. The van der Waals surface area contributed by atoms with Crippen LogP contribution in [0, 0.1) is 0 Å². The van der Waals surface area contributed by atoms with Gasteiger partial charge in [0.05, 0.1) is 6.20 Å². The van der Waals surface area contributed by atoms with Crippen molar-refractivity contribution in [2.24, 2.45) is 0 Å². The summed E-state index contributed by atoms with van der Waals surface area (Å²) in [6.07, 6.45) is 8.19. The summed E-state index contributed by atoms with van der Waals surface area (Å²) in [5.74, 6) is 0. The summed E-state index contributed by atoms with van der Waals surface area (Å²) in [4.78, 5) is 0. The van der Waals surface area contributed by atoms with Crippen LogP contribution < -0.4 is 5.32 Å². The van der Waals surface area contributed by atoms with Gasteiger partial charge in [0.15, 0.2) is 0 Å². The molecular formula is C12H21N3. The minimum Gasteiger partial charge on any atom is -0.311 e. The van der Waals surface area contributed by atoms with E-state index < -0.39 is 0 Å². The second kappa shape index (κ2) is 5.71. The van der Waals surface area contributed by atoms with Crippen LogP contribution in [0.2, 0.25) is 0 Å². The van der Waals surface area contributed by atoms with Crippen molar-refractivity contribution in [1.29, 1.82) is 0 Å². The van der Waals surface area contributed by atoms with Crippen LogP contribution in [-0.4, -0.2) is 22.4 Å². The molecule has 1 aromatic rings. The van der Waals surface area contributed by atoms with Crippen LogP contribution in [0.4, 0.5) is 0 Å². The molecule has 1 aromatic heterocycles. The highest BCUT2D eigenvalue weighted by molar-refractivity contribution is 5.46. The minimum atomic E-state index is 0.431. The van der Waals surface area contributed by atoms with Gasteiger partial charge in [-0.1, -0.05) is 26.0 Å². The normalized spacial score (nSPS) is 12.1. The molecule has 84 valence electrons. The highest BCUT2D eigenvalue weighted by Gasteiger charge is 1.98. The lowest BCUT2D eigenvalue weighted by molar-refractivity contribution is 0.532. The first-order chi connectivity index (χ1) is 7.09. The fourth-order valence-corrected chi connectivity index (χ4v) is 1.22. The second-order valence-corrected chi connectivity index (χ2v) is 4.31. The summed E-state index contributed by atoms with van der Waals surface area (Å²) in [7, 11) is 0. The van der Waals surface area contributed by atoms with E-state index in [0.717, 1.165) is 12.1 Å². The molecule has 0 amide bonds. The first-order valence-corrected chi connectivity index (χ1v) is 5.53. The maximum Gasteiger partial charge on any atom is 0.0562 e. The topological polar surface area (TPSA) is 29.9 Å². The third-order valence-corrected chi connectivity index (χ3v) is 2.10. The zero-order valence-corrected chi connectivity index (χ0v) is 10.1. The van der Waals surface area contributed by atoms with Gasteiger partial charge in [0, 0.05) is 30.4 Å². The van der Waals surface area contributed by atoms with Crippen LogP contribution in [0.15, 0.2) is 18.5 Å². The predicted octanol–water partition coefficient (Wildman–Crippen LogP) is 2.48. The van der Waals surface area contributed by atoms with Crippen LogP contribution in [0.5, 0.6) is 0 Å². The summed E-state index contributed by atoms with van der Waals surface area (Å²) in [6.45, 7) is 9.45. The van der Waals surface area contributed by atoms with Crippen LogP contribution in [0.3, 0.4) is 0 Å². The Kier molecular flexibility index (Phi) is 4.56. The predicted molar refractivity (Wildman–Crippen MR) is 64.8 cm³/mol. The average molecular weight is 207 g/mol. The van der Waals surface area contributed by atoms with Gasteiger partial charge in [-0.05, 0) is 13.8 Å². The molecule has 0 aliphatic carbocycles. The maximum absolute atomic E-state index is 4.27. The van der Waals surface area contributed by atoms with Gasteiger partial charge in [-0.25, -0.2) is 0 Å². The largest absolute Gasteiger partial charge is 0.311 e. The Labute approximate surface area is 92.2 Å². The maximum atomic E-state index is 4.27. The van der Waals surface area contributed by atoms with E-state index in [-0.39, 0.29) is 0 Å². The average Bonchev–Trinajstić information content (AvgIpc) is 2.60.